The van der Waals surface area contributed by atoms with E-state index in [9.17, 15) is 13.2 Å². The van der Waals surface area contributed by atoms with Crippen LogP contribution in [0.5, 0.6) is 0 Å². The summed E-state index contributed by atoms with van der Waals surface area (Å²) >= 11 is 0. The van der Waals surface area contributed by atoms with Crippen LogP contribution in [0.2, 0.25) is 0 Å². The molecule has 0 bridgehead atoms. The molecule has 0 saturated heterocycles. The molecule has 0 spiro atoms. The van der Waals surface area contributed by atoms with Gasteiger partial charge in [-0.3, -0.25) is 0 Å². The fourth-order valence-electron chi connectivity index (χ4n) is 3.03. The number of rotatable bonds is 5. The summed E-state index contributed by atoms with van der Waals surface area (Å²) in [6.45, 7) is 10.3. The van der Waals surface area contributed by atoms with Crippen LogP contribution in [-0.2, 0) is 11.6 Å². The molecule has 0 aliphatic rings. The van der Waals surface area contributed by atoms with Crippen molar-refractivity contribution < 1.29 is 13.2 Å². The van der Waals surface area contributed by atoms with Gasteiger partial charge in [-0.05, 0) is 46.7 Å². The molecule has 2 aromatic carbocycles. The fraction of sp³-hybridized carbons (Fsp3) is 0.333. The lowest BCUT2D eigenvalue weighted by atomic mass is 9.87. The highest BCUT2D eigenvalue weighted by molar-refractivity contribution is 5.63. The predicted octanol–water partition coefficient (Wildman–Crippen LogP) is 7.40. The molecule has 0 unspecified atom stereocenters. The molecule has 4 nitrogen and oxygen atoms in total. The Balaban J connectivity index is 1.92. The van der Waals surface area contributed by atoms with E-state index in [2.05, 4.69) is 34.4 Å². The molecule has 0 fully saturated rings. The van der Waals surface area contributed by atoms with E-state index in [4.69, 9.17) is 0 Å². The number of benzene rings is 2. The van der Waals surface area contributed by atoms with Gasteiger partial charge in [0.05, 0.1) is 0 Å². The second kappa shape index (κ2) is 8.57. The Bertz CT molecular complexity index is 1040. The first-order chi connectivity index (χ1) is 14.4. The van der Waals surface area contributed by atoms with Crippen LogP contribution >= 0.6 is 0 Å². The van der Waals surface area contributed by atoms with Crippen LogP contribution in [0.1, 0.15) is 57.2 Å². The normalized spacial score (nSPS) is 12.2. The topological polar surface area (TPSA) is 49.8 Å². The van der Waals surface area contributed by atoms with E-state index in [0.29, 0.717) is 17.3 Å². The van der Waals surface area contributed by atoms with Crippen LogP contribution in [0.4, 0.5) is 36.3 Å². The van der Waals surface area contributed by atoms with E-state index in [1.807, 2.05) is 63.2 Å². The fourth-order valence-corrected chi connectivity index (χ4v) is 3.03. The number of halogens is 3. The first-order valence-corrected chi connectivity index (χ1v) is 10.1. The maximum Gasteiger partial charge on any atom is 0.421 e. The third kappa shape index (κ3) is 5.75. The average molecular weight is 429 g/mol. The van der Waals surface area contributed by atoms with Crippen molar-refractivity contribution in [3.63, 3.8) is 0 Å². The van der Waals surface area contributed by atoms with Gasteiger partial charge in [-0.1, -0.05) is 58.9 Å². The number of aromatic nitrogens is 2. The lowest BCUT2D eigenvalue weighted by Gasteiger charge is -2.20. The van der Waals surface area contributed by atoms with Crippen LogP contribution in [0.3, 0.4) is 0 Å². The van der Waals surface area contributed by atoms with Gasteiger partial charge in [-0.25, -0.2) is 4.98 Å². The Morgan fingerprint density at radius 3 is 2.13 bits per heavy atom. The molecule has 3 aromatic rings. The molecule has 0 radical (unpaired) electrons. The maximum absolute atomic E-state index is 13.6. The summed E-state index contributed by atoms with van der Waals surface area (Å²) in [7, 11) is 0. The SMILES string of the molecule is CC(C)c1ccc(Nc2ncc(C(F)(F)F)c(Nc3cccc(C(C)(C)C)c3)n2)cc1. The molecule has 0 amide bonds. The Hall–Kier alpha value is -3.09. The molecular formula is C24H27F3N4. The van der Waals surface area contributed by atoms with Crippen molar-refractivity contribution in [1.82, 2.24) is 9.97 Å². The zero-order valence-corrected chi connectivity index (χ0v) is 18.3. The zero-order valence-electron chi connectivity index (χ0n) is 18.3. The zero-order chi connectivity index (χ0) is 22.8. The van der Waals surface area contributed by atoms with E-state index in [0.717, 1.165) is 11.8 Å². The van der Waals surface area contributed by atoms with Crippen LogP contribution in [0.25, 0.3) is 0 Å². The highest BCUT2D eigenvalue weighted by Crippen LogP contribution is 2.36. The summed E-state index contributed by atoms with van der Waals surface area (Å²) in [5.41, 5.74) is 2.34. The highest BCUT2D eigenvalue weighted by atomic mass is 19.4. The van der Waals surface area contributed by atoms with Gasteiger partial charge in [0, 0.05) is 17.6 Å². The molecule has 164 valence electrons. The third-order valence-electron chi connectivity index (χ3n) is 4.92. The van der Waals surface area contributed by atoms with Crippen molar-refractivity contribution >= 4 is 23.1 Å². The minimum atomic E-state index is -4.58. The van der Waals surface area contributed by atoms with Crippen LogP contribution < -0.4 is 10.6 Å². The molecular weight excluding hydrogens is 401 g/mol. The van der Waals surface area contributed by atoms with E-state index in [1.54, 1.807) is 6.07 Å². The minimum absolute atomic E-state index is 0.0831. The van der Waals surface area contributed by atoms with Gasteiger partial charge in [0.1, 0.15) is 11.4 Å². The monoisotopic (exact) mass is 428 g/mol. The predicted molar refractivity (Wildman–Crippen MR) is 119 cm³/mol. The number of nitrogens with zero attached hydrogens (tertiary/aromatic N) is 2. The molecule has 7 heteroatoms. The Labute approximate surface area is 181 Å². The molecule has 1 heterocycles. The summed E-state index contributed by atoms with van der Waals surface area (Å²) < 4.78 is 40.7. The lowest BCUT2D eigenvalue weighted by molar-refractivity contribution is -0.137. The van der Waals surface area contributed by atoms with Gasteiger partial charge in [-0.15, -0.1) is 0 Å². The standard InChI is InChI=1S/C24H27F3N4/c1-15(2)16-9-11-18(12-10-16)30-22-28-14-20(24(25,26)27)21(31-22)29-19-8-6-7-17(13-19)23(3,4)5/h6-15H,1-5H3,(H2,28,29,30,31). The first kappa shape index (κ1) is 22.6. The second-order valence-corrected chi connectivity index (χ2v) is 8.81. The van der Waals surface area contributed by atoms with Crippen molar-refractivity contribution in [1.29, 1.82) is 0 Å². The molecule has 3 rings (SSSR count). The number of alkyl halides is 3. The Morgan fingerprint density at radius 2 is 1.55 bits per heavy atom. The summed E-state index contributed by atoms with van der Waals surface area (Å²) in [4.78, 5) is 8.00. The molecule has 31 heavy (non-hydrogen) atoms. The number of hydrogen-bond donors (Lipinski definition) is 2. The average Bonchev–Trinajstić information content (AvgIpc) is 2.67. The Morgan fingerprint density at radius 1 is 0.871 bits per heavy atom. The summed E-state index contributed by atoms with van der Waals surface area (Å²) in [5.74, 6) is 0.172. The van der Waals surface area contributed by atoms with Gasteiger partial charge >= 0.3 is 6.18 Å². The van der Waals surface area contributed by atoms with Crippen molar-refractivity contribution in [2.24, 2.45) is 0 Å². The van der Waals surface area contributed by atoms with E-state index < -0.39 is 11.7 Å². The van der Waals surface area contributed by atoms with Crippen molar-refractivity contribution in [2.45, 2.75) is 52.1 Å². The van der Waals surface area contributed by atoms with Crippen molar-refractivity contribution in [3.8, 4) is 0 Å². The van der Waals surface area contributed by atoms with Gasteiger partial charge in [0.2, 0.25) is 5.95 Å². The van der Waals surface area contributed by atoms with Gasteiger partial charge in [-0.2, -0.15) is 18.2 Å². The number of hydrogen-bond acceptors (Lipinski definition) is 4. The molecule has 0 aliphatic heterocycles. The van der Waals surface area contributed by atoms with Crippen LogP contribution in [0.15, 0.2) is 54.7 Å². The minimum Gasteiger partial charge on any atom is -0.340 e. The molecule has 0 atom stereocenters. The molecule has 2 N–H and O–H groups in total. The first-order valence-electron chi connectivity index (χ1n) is 10.1. The summed E-state index contributed by atoms with van der Waals surface area (Å²) in [6, 6.07) is 15.0. The summed E-state index contributed by atoms with van der Waals surface area (Å²) in [5, 5.41) is 5.81. The maximum atomic E-state index is 13.6. The number of nitrogens with one attached hydrogen (secondary N) is 2. The Kier molecular flexibility index (Phi) is 6.25. The van der Waals surface area contributed by atoms with Crippen LogP contribution in [0, 0.1) is 0 Å². The lowest BCUT2D eigenvalue weighted by Crippen LogP contribution is -2.14. The molecule has 0 saturated carbocycles. The highest BCUT2D eigenvalue weighted by Gasteiger charge is 2.35. The van der Waals surface area contributed by atoms with E-state index in [1.165, 1.54) is 5.56 Å². The van der Waals surface area contributed by atoms with Gasteiger partial charge in [0.15, 0.2) is 0 Å². The van der Waals surface area contributed by atoms with Crippen molar-refractivity contribution in [3.05, 3.63) is 71.4 Å². The van der Waals surface area contributed by atoms with E-state index >= 15 is 0 Å². The largest absolute Gasteiger partial charge is 0.421 e. The van der Waals surface area contributed by atoms with Gasteiger partial charge < -0.3 is 10.6 Å². The van der Waals surface area contributed by atoms with E-state index in [-0.39, 0.29) is 17.2 Å². The molecule has 0 aliphatic carbocycles. The van der Waals surface area contributed by atoms with Crippen molar-refractivity contribution in [2.75, 3.05) is 10.6 Å². The van der Waals surface area contributed by atoms with Crippen LogP contribution in [-0.4, -0.2) is 9.97 Å². The quantitative estimate of drug-likeness (QED) is 0.444. The second-order valence-electron chi connectivity index (χ2n) is 8.81. The smallest absolute Gasteiger partial charge is 0.340 e. The number of anilines is 4. The van der Waals surface area contributed by atoms with Gasteiger partial charge in [0.25, 0.3) is 0 Å². The third-order valence-corrected chi connectivity index (χ3v) is 4.92. The summed E-state index contributed by atoms with van der Waals surface area (Å²) in [6.07, 6.45) is -3.78. The molecule has 1 aromatic heterocycles.